The van der Waals surface area contributed by atoms with Gasteiger partial charge in [0.15, 0.2) is 0 Å². The van der Waals surface area contributed by atoms with Gasteiger partial charge < -0.3 is 4.90 Å². The standard InChI is InChI=1S/C22H17NO/c24-22-20-14-8-7-13-19(20)21(15-17-9-3-1-4-10-17)23(22)16-18-11-5-2-6-12-18/h1-15H,16H2/b21-15-. The smallest absolute Gasteiger partial charge is 0.259 e. The summed E-state index contributed by atoms with van der Waals surface area (Å²) in [6.45, 7) is 0.576. The van der Waals surface area contributed by atoms with Crippen LogP contribution in [0.3, 0.4) is 0 Å². The molecule has 2 heteroatoms. The van der Waals surface area contributed by atoms with Gasteiger partial charge in [0, 0.05) is 11.1 Å². The first kappa shape index (κ1) is 14.5. The minimum Gasteiger partial charge on any atom is -0.303 e. The number of hydrogen-bond acceptors (Lipinski definition) is 1. The summed E-state index contributed by atoms with van der Waals surface area (Å²) in [5.74, 6) is 0.0663. The van der Waals surface area contributed by atoms with Gasteiger partial charge in [-0.15, -0.1) is 0 Å². The van der Waals surface area contributed by atoms with Gasteiger partial charge in [0.25, 0.3) is 5.91 Å². The monoisotopic (exact) mass is 311 g/mol. The predicted molar refractivity (Wildman–Crippen MR) is 97.1 cm³/mol. The summed E-state index contributed by atoms with van der Waals surface area (Å²) >= 11 is 0. The molecule has 4 rings (SSSR count). The second-order valence-electron chi connectivity index (χ2n) is 5.86. The van der Waals surface area contributed by atoms with E-state index in [9.17, 15) is 4.79 Å². The number of hydrogen-bond donors (Lipinski definition) is 0. The normalized spacial score (nSPS) is 14.9. The fourth-order valence-electron chi connectivity index (χ4n) is 3.08. The molecule has 0 fully saturated rings. The van der Waals surface area contributed by atoms with Crippen molar-refractivity contribution >= 4 is 17.7 Å². The zero-order chi connectivity index (χ0) is 16.4. The van der Waals surface area contributed by atoms with Crippen LogP contribution in [0.1, 0.15) is 27.0 Å². The van der Waals surface area contributed by atoms with E-state index < -0.39 is 0 Å². The van der Waals surface area contributed by atoms with E-state index >= 15 is 0 Å². The van der Waals surface area contributed by atoms with Crippen molar-refractivity contribution in [3.63, 3.8) is 0 Å². The molecule has 0 saturated carbocycles. The Hall–Kier alpha value is -3.13. The van der Waals surface area contributed by atoms with Crippen molar-refractivity contribution < 1.29 is 4.79 Å². The van der Waals surface area contributed by atoms with E-state index in [2.05, 4.69) is 30.3 Å². The van der Waals surface area contributed by atoms with Gasteiger partial charge >= 0.3 is 0 Å². The van der Waals surface area contributed by atoms with E-state index in [0.717, 1.165) is 28.0 Å². The molecular formula is C22H17NO. The number of carbonyl (C=O) groups excluding carboxylic acids is 1. The summed E-state index contributed by atoms with van der Waals surface area (Å²) in [6.07, 6.45) is 2.09. The van der Waals surface area contributed by atoms with E-state index in [4.69, 9.17) is 0 Å². The molecule has 1 amide bonds. The topological polar surface area (TPSA) is 20.3 Å². The third-order valence-corrected chi connectivity index (χ3v) is 4.26. The number of amides is 1. The lowest BCUT2D eigenvalue weighted by molar-refractivity contribution is 0.0843. The molecule has 0 aliphatic carbocycles. The molecular weight excluding hydrogens is 294 g/mol. The van der Waals surface area contributed by atoms with Gasteiger partial charge in [0.2, 0.25) is 0 Å². The number of carbonyl (C=O) groups is 1. The van der Waals surface area contributed by atoms with Crippen molar-refractivity contribution in [1.29, 1.82) is 0 Å². The van der Waals surface area contributed by atoms with Crippen LogP contribution in [-0.2, 0) is 6.54 Å². The maximum atomic E-state index is 12.9. The molecule has 1 heterocycles. The van der Waals surface area contributed by atoms with Crippen LogP contribution in [-0.4, -0.2) is 10.8 Å². The highest BCUT2D eigenvalue weighted by molar-refractivity contribution is 6.11. The van der Waals surface area contributed by atoms with Gasteiger partial charge in [-0.2, -0.15) is 0 Å². The maximum Gasteiger partial charge on any atom is 0.259 e. The minimum absolute atomic E-state index is 0.0663. The molecule has 0 unspecified atom stereocenters. The molecule has 1 aliphatic heterocycles. The summed E-state index contributed by atoms with van der Waals surface area (Å²) in [4.78, 5) is 14.8. The molecule has 116 valence electrons. The molecule has 0 bridgehead atoms. The molecule has 3 aromatic rings. The second-order valence-corrected chi connectivity index (χ2v) is 5.86. The molecule has 0 N–H and O–H groups in total. The second kappa shape index (κ2) is 6.17. The Kier molecular flexibility index (Phi) is 3.72. The summed E-state index contributed by atoms with van der Waals surface area (Å²) in [5, 5.41) is 0. The van der Waals surface area contributed by atoms with Crippen LogP contribution >= 0.6 is 0 Å². The lowest BCUT2D eigenvalue weighted by Gasteiger charge is -2.19. The Morgan fingerprint density at radius 3 is 2.00 bits per heavy atom. The fourth-order valence-corrected chi connectivity index (χ4v) is 3.08. The molecule has 2 nitrogen and oxygen atoms in total. The predicted octanol–water partition coefficient (Wildman–Crippen LogP) is 4.84. The van der Waals surface area contributed by atoms with E-state index in [0.29, 0.717) is 6.54 Å². The highest BCUT2D eigenvalue weighted by atomic mass is 16.2. The average molecular weight is 311 g/mol. The summed E-state index contributed by atoms with van der Waals surface area (Å²) < 4.78 is 0. The third kappa shape index (κ3) is 2.63. The van der Waals surface area contributed by atoms with Crippen LogP contribution < -0.4 is 0 Å². The van der Waals surface area contributed by atoms with E-state index in [1.807, 2.05) is 65.6 Å². The van der Waals surface area contributed by atoms with Gasteiger partial charge in [-0.1, -0.05) is 78.9 Å². The van der Waals surface area contributed by atoms with Gasteiger partial charge in [0.05, 0.1) is 12.2 Å². The molecule has 0 saturated heterocycles. The number of fused-ring (bicyclic) bond motifs is 1. The van der Waals surface area contributed by atoms with Crippen molar-refractivity contribution in [3.05, 3.63) is 107 Å². The highest BCUT2D eigenvalue weighted by Gasteiger charge is 2.31. The molecule has 3 aromatic carbocycles. The first-order chi connectivity index (χ1) is 11.8. The Morgan fingerprint density at radius 2 is 1.29 bits per heavy atom. The van der Waals surface area contributed by atoms with Gasteiger partial charge in [-0.05, 0) is 23.3 Å². The fraction of sp³-hybridized carbons (Fsp3) is 0.0455. The van der Waals surface area contributed by atoms with Crippen LogP contribution in [0.15, 0.2) is 84.9 Å². The average Bonchev–Trinajstić information content (AvgIpc) is 2.90. The van der Waals surface area contributed by atoms with Gasteiger partial charge in [0.1, 0.15) is 0 Å². The first-order valence-corrected chi connectivity index (χ1v) is 8.05. The Morgan fingerprint density at radius 1 is 0.708 bits per heavy atom. The van der Waals surface area contributed by atoms with Crippen molar-refractivity contribution in [2.45, 2.75) is 6.54 Å². The van der Waals surface area contributed by atoms with Crippen LogP contribution in [0, 0.1) is 0 Å². The lowest BCUT2D eigenvalue weighted by Crippen LogP contribution is -2.22. The van der Waals surface area contributed by atoms with Crippen molar-refractivity contribution in [2.75, 3.05) is 0 Å². The Balaban J connectivity index is 1.79. The Bertz CT molecular complexity index is 898. The molecule has 1 aliphatic rings. The summed E-state index contributed by atoms with van der Waals surface area (Å²) in [6, 6.07) is 28.1. The molecule has 0 spiro atoms. The largest absolute Gasteiger partial charge is 0.303 e. The summed E-state index contributed by atoms with van der Waals surface area (Å²) in [5.41, 5.74) is 4.95. The lowest BCUT2D eigenvalue weighted by atomic mass is 10.1. The van der Waals surface area contributed by atoms with Crippen LogP contribution in [0.2, 0.25) is 0 Å². The van der Waals surface area contributed by atoms with Crippen molar-refractivity contribution in [2.24, 2.45) is 0 Å². The molecule has 24 heavy (non-hydrogen) atoms. The van der Waals surface area contributed by atoms with Crippen LogP contribution in [0.5, 0.6) is 0 Å². The van der Waals surface area contributed by atoms with Crippen LogP contribution in [0.4, 0.5) is 0 Å². The zero-order valence-electron chi connectivity index (χ0n) is 13.2. The minimum atomic E-state index is 0.0663. The van der Waals surface area contributed by atoms with Gasteiger partial charge in [-0.3, -0.25) is 4.79 Å². The number of nitrogens with zero attached hydrogens (tertiary/aromatic N) is 1. The number of benzene rings is 3. The maximum absolute atomic E-state index is 12.9. The molecule has 0 radical (unpaired) electrons. The first-order valence-electron chi connectivity index (χ1n) is 8.05. The zero-order valence-corrected chi connectivity index (χ0v) is 13.2. The number of rotatable bonds is 3. The molecule has 0 atom stereocenters. The quantitative estimate of drug-likeness (QED) is 0.677. The summed E-state index contributed by atoms with van der Waals surface area (Å²) in [7, 11) is 0. The highest BCUT2D eigenvalue weighted by Crippen LogP contribution is 2.35. The van der Waals surface area contributed by atoms with E-state index in [1.165, 1.54) is 0 Å². The SMILES string of the molecule is O=C1c2ccccc2/C(=C/c2ccccc2)N1Cc1ccccc1. The third-order valence-electron chi connectivity index (χ3n) is 4.26. The Labute approximate surface area is 141 Å². The van der Waals surface area contributed by atoms with Crippen LogP contribution in [0.25, 0.3) is 11.8 Å². The van der Waals surface area contributed by atoms with Crippen molar-refractivity contribution in [3.8, 4) is 0 Å². The van der Waals surface area contributed by atoms with Gasteiger partial charge in [-0.25, -0.2) is 0 Å². The van der Waals surface area contributed by atoms with E-state index in [-0.39, 0.29) is 5.91 Å². The molecule has 0 aromatic heterocycles. The van der Waals surface area contributed by atoms with E-state index in [1.54, 1.807) is 0 Å². The van der Waals surface area contributed by atoms with Crippen molar-refractivity contribution in [1.82, 2.24) is 4.90 Å².